The molecule has 0 aliphatic heterocycles. The Labute approximate surface area is 64.2 Å². The molecular formula is C3H5FI2. The molecule has 0 aliphatic carbocycles. The van der Waals surface area contributed by atoms with Crippen molar-refractivity contribution < 1.29 is 4.39 Å². The summed E-state index contributed by atoms with van der Waals surface area (Å²) in [5.74, 6) is 0. The second kappa shape index (κ2) is 2.64. The van der Waals surface area contributed by atoms with Gasteiger partial charge in [0.1, 0.15) is 0 Å². The van der Waals surface area contributed by atoms with E-state index in [2.05, 4.69) is 0 Å². The lowest BCUT2D eigenvalue weighted by atomic mass is 10.5. The average Bonchev–Trinajstić information content (AvgIpc) is 1.35. The van der Waals surface area contributed by atoms with Crippen molar-refractivity contribution >= 4 is 45.2 Å². The third-order valence-corrected chi connectivity index (χ3v) is 3.51. The van der Waals surface area contributed by atoms with Crippen LogP contribution in [-0.2, 0) is 0 Å². The molecule has 38 valence electrons. The molecular weight excluding hydrogens is 309 g/mol. The lowest BCUT2D eigenvalue weighted by Crippen LogP contribution is -2.06. The smallest absolute Gasteiger partial charge is 0.167 e. The summed E-state index contributed by atoms with van der Waals surface area (Å²) < 4.78 is 11.7. The fourth-order valence-electron chi connectivity index (χ4n) is 0. The SMILES string of the molecule is CC(F)(I)CI. The maximum absolute atomic E-state index is 12.1. The molecule has 6 heavy (non-hydrogen) atoms. The quantitative estimate of drug-likeness (QED) is 0.515. The highest BCUT2D eigenvalue weighted by molar-refractivity contribution is 14.1. The molecule has 0 saturated heterocycles. The fraction of sp³-hybridized carbons (Fsp3) is 1.00. The van der Waals surface area contributed by atoms with Crippen molar-refractivity contribution in [1.29, 1.82) is 0 Å². The minimum atomic E-state index is -1.00. The van der Waals surface area contributed by atoms with Crippen molar-refractivity contribution in [3.8, 4) is 0 Å². The first-order valence-corrected chi connectivity index (χ1v) is 4.10. The maximum atomic E-state index is 12.1. The molecule has 0 nitrogen and oxygen atoms in total. The van der Waals surface area contributed by atoms with Crippen molar-refractivity contribution in [2.24, 2.45) is 0 Å². The van der Waals surface area contributed by atoms with Crippen LogP contribution < -0.4 is 0 Å². The number of hydrogen-bond acceptors (Lipinski definition) is 0. The fourth-order valence-corrected chi connectivity index (χ4v) is 0. The van der Waals surface area contributed by atoms with Crippen LogP contribution in [0.25, 0.3) is 0 Å². The standard InChI is InChI=1S/C3H5FI2/c1-3(4,6)2-5/h2H2,1H3. The van der Waals surface area contributed by atoms with E-state index in [0.29, 0.717) is 4.43 Å². The molecule has 0 N–H and O–H groups in total. The Morgan fingerprint density at radius 2 is 2.00 bits per heavy atom. The van der Waals surface area contributed by atoms with Crippen LogP contribution in [0.2, 0.25) is 0 Å². The van der Waals surface area contributed by atoms with Gasteiger partial charge in [0.15, 0.2) is 3.68 Å². The predicted octanol–water partition coefficient (Wildman–Crippen LogP) is 2.54. The van der Waals surface area contributed by atoms with Gasteiger partial charge in [-0.2, -0.15) is 0 Å². The zero-order valence-corrected chi connectivity index (χ0v) is 7.66. The Balaban J connectivity index is 3.17. The Bertz CT molecular complexity index is 38.5. The van der Waals surface area contributed by atoms with E-state index in [4.69, 9.17) is 0 Å². The first-order chi connectivity index (χ1) is 2.56. The van der Waals surface area contributed by atoms with Crippen molar-refractivity contribution in [2.45, 2.75) is 10.6 Å². The average molecular weight is 314 g/mol. The van der Waals surface area contributed by atoms with E-state index < -0.39 is 3.68 Å². The van der Waals surface area contributed by atoms with Gasteiger partial charge in [0.2, 0.25) is 0 Å². The normalized spacial score (nSPS) is 20.0. The van der Waals surface area contributed by atoms with Crippen molar-refractivity contribution in [1.82, 2.24) is 0 Å². The van der Waals surface area contributed by atoms with Gasteiger partial charge in [-0.15, -0.1) is 0 Å². The third kappa shape index (κ3) is 5.39. The van der Waals surface area contributed by atoms with E-state index in [9.17, 15) is 4.39 Å². The maximum Gasteiger partial charge on any atom is 0.167 e. The van der Waals surface area contributed by atoms with Gasteiger partial charge in [-0.25, -0.2) is 4.39 Å². The Kier molecular flexibility index (Phi) is 3.25. The molecule has 3 heteroatoms. The summed E-state index contributed by atoms with van der Waals surface area (Å²) in [6.45, 7) is 1.56. The van der Waals surface area contributed by atoms with Crippen LogP contribution in [-0.4, -0.2) is 8.10 Å². The highest BCUT2D eigenvalue weighted by Crippen LogP contribution is 2.21. The van der Waals surface area contributed by atoms with E-state index in [0.717, 1.165) is 0 Å². The summed E-state index contributed by atoms with van der Waals surface area (Å²) in [4.78, 5) is 0. The van der Waals surface area contributed by atoms with Crippen molar-refractivity contribution in [2.75, 3.05) is 4.43 Å². The van der Waals surface area contributed by atoms with E-state index in [1.54, 1.807) is 29.5 Å². The monoisotopic (exact) mass is 314 g/mol. The highest BCUT2D eigenvalue weighted by atomic mass is 127. The molecule has 0 heterocycles. The van der Waals surface area contributed by atoms with Gasteiger partial charge in [0.05, 0.1) is 0 Å². The summed E-state index contributed by atoms with van der Waals surface area (Å²) in [5, 5.41) is 0. The van der Waals surface area contributed by atoms with Gasteiger partial charge in [-0.1, -0.05) is 22.6 Å². The number of rotatable bonds is 1. The predicted molar refractivity (Wildman–Crippen MR) is 42.4 cm³/mol. The van der Waals surface area contributed by atoms with E-state index in [-0.39, 0.29) is 0 Å². The van der Waals surface area contributed by atoms with Gasteiger partial charge in [0, 0.05) is 4.43 Å². The summed E-state index contributed by atoms with van der Waals surface area (Å²) in [7, 11) is 0. The van der Waals surface area contributed by atoms with Crippen LogP contribution >= 0.6 is 45.2 Å². The Morgan fingerprint density at radius 1 is 1.83 bits per heavy atom. The molecule has 0 aromatic rings. The minimum absolute atomic E-state index is 0.561. The highest BCUT2D eigenvalue weighted by Gasteiger charge is 2.13. The molecule has 0 bridgehead atoms. The van der Waals surface area contributed by atoms with Crippen molar-refractivity contribution in [3.05, 3.63) is 0 Å². The summed E-state index contributed by atoms with van der Waals surface area (Å²) in [6.07, 6.45) is 0. The molecule has 0 rings (SSSR count). The van der Waals surface area contributed by atoms with Crippen LogP contribution in [0.15, 0.2) is 0 Å². The lowest BCUT2D eigenvalue weighted by molar-refractivity contribution is 0.380. The van der Waals surface area contributed by atoms with Crippen LogP contribution in [0.4, 0.5) is 4.39 Å². The molecule has 1 unspecified atom stereocenters. The molecule has 0 spiro atoms. The number of alkyl halides is 3. The van der Waals surface area contributed by atoms with E-state index >= 15 is 0 Å². The van der Waals surface area contributed by atoms with Crippen LogP contribution in [0.1, 0.15) is 6.92 Å². The van der Waals surface area contributed by atoms with Gasteiger partial charge < -0.3 is 0 Å². The molecule has 0 aliphatic rings. The van der Waals surface area contributed by atoms with Gasteiger partial charge in [-0.3, -0.25) is 0 Å². The lowest BCUT2D eigenvalue weighted by Gasteiger charge is -2.03. The summed E-state index contributed by atoms with van der Waals surface area (Å²) in [6, 6.07) is 0. The molecule has 1 atom stereocenters. The van der Waals surface area contributed by atoms with Gasteiger partial charge in [0.25, 0.3) is 0 Å². The second-order valence-electron chi connectivity index (χ2n) is 1.20. The zero-order chi connectivity index (χ0) is 5.21. The number of halogens is 3. The largest absolute Gasteiger partial charge is 0.232 e. The second-order valence-corrected chi connectivity index (χ2v) is 4.22. The third-order valence-electron chi connectivity index (χ3n) is 0.235. The molecule has 0 fully saturated rings. The Morgan fingerprint density at radius 3 is 2.00 bits per heavy atom. The first kappa shape index (κ1) is 7.39. The topological polar surface area (TPSA) is 0 Å². The Hall–Kier alpha value is 1.39. The first-order valence-electron chi connectivity index (χ1n) is 1.50. The van der Waals surface area contributed by atoms with Crippen LogP contribution in [0.3, 0.4) is 0 Å². The minimum Gasteiger partial charge on any atom is -0.232 e. The molecule has 0 aromatic heterocycles. The molecule has 0 radical (unpaired) electrons. The van der Waals surface area contributed by atoms with Crippen LogP contribution in [0, 0.1) is 0 Å². The summed E-state index contributed by atoms with van der Waals surface area (Å²) >= 11 is 3.78. The van der Waals surface area contributed by atoms with E-state index in [1.165, 1.54) is 0 Å². The summed E-state index contributed by atoms with van der Waals surface area (Å²) in [5.41, 5.74) is 0. The van der Waals surface area contributed by atoms with Gasteiger partial charge in [-0.05, 0) is 29.5 Å². The molecule has 0 saturated carbocycles. The van der Waals surface area contributed by atoms with Crippen LogP contribution in [0.5, 0.6) is 0 Å². The van der Waals surface area contributed by atoms with Gasteiger partial charge >= 0.3 is 0 Å². The molecule has 0 amide bonds. The van der Waals surface area contributed by atoms with E-state index in [1.807, 2.05) is 22.6 Å². The van der Waals surface area contributed by atoms with Crippen molar-refractivity contribution in [3.63, 3.8) is 0 Å². The number of hydrogen-bond donors (Lipinski definition) is 0. The molecule has 0 aromatic carbocycles. The zero-order valence-electron chi connectivity index (χ0n) is 3.34.